The van der Waals surface area contributed by atoms with Crippen LogP contribution in [0.15, 0.2) is 126 Å². The van der Waals surface area contributed by atoms with E-state index in [-0.39, 0.29) is 11.0 Å². The van der Waals surface area contributed by atoms with Crippen molar-refractivity contribution < 1.29 is 4.79 Å². The highest BCUT2D eigenvalue weighted by Gasteiger charge is 2.24. The Kier molecular flexibility index (Phi) is 6.29. The number of carbonyl (C=O) groups excluding carboxylic acids is 1. The number of carbonyl (C=O) groups is 1. The molecule has 0 saturated carbocycles. The summed E-state index contributed by atoms with van der Waals surface area (Å²) in [5.74, 6) is -0.486. The van der Waals surface area contributed by atoms with Crippen LogP contribution in [-0.2, 0) is 0 Å². The summed E-state index contributed by atoms with van der Waals surface area (Å²) >= 11 is 5.99. The Balaban J connectivity index is 1.81. The Bertz CT molecular complexity index is 1530. The third-order valence-electron chi connectivity index (χ3n) is 5.68. The fourth-order valence-corrected chi connectivity index (χ4v) is 4.22. The van der Waals surface area contributed by atoms with Crippen LogP contribution in [0.3, 0.4) is 0 Å². The van der Waals surface area contributed by atoms with Crippen molar-refractivity contribution in [3.63, 3.8) is 0 Å². The molecule has 4 nitrogen and oxygen atoms in total. The Morgan fingerprint density at radius 3 is 1.83 bits per heavy atom. The highest BCUT2D eigenvalue weighted by molar-refractivity contribution is 6.30. The minimum Gasteiger partial charge on any atom is -0.322 e. The highest BCUT2D eigenvalue weighted by atomic mass is 35.5. The standard InChI is InChI=1S/C30H21ClN2O2/c31-23-16-18-24(19-17-23)32-30(35)28-27(34)20-26(21-10-4-1-5-11-21)33(25-14-8-3-9-15-25)29(28)22-12-6-2-7-13-22/h1-20H,(H,32,35). The van der Waals surface area contributed by atoms with Crippen molar-refractivity contribution in [3.05, 3.63) is 142 Å². The fraction of sp³-hybridized carbons (Fsp3) is 0. The summed E-state index contributed by atoms with van der Waals surface area (Å²) in [4.78, 5) is 27.2. The van der Waals surface area contributed by atoms with Crippen LogP contribution in [0.2, 0.25) is 5.02 Å². The molecule has 170 valence electrons. The van der Waals surface area contributed by atoms with Crippen molar-refractivity contribution in [2.45, 2.75) is 0 Å². The van der Waals surface area contributed by atoms with Gasteiger partial charge in [-0.3, -0.25) is 9.59 Å². The molecule has 0 bridgehead atoms. The second kappa shape index (κ2) is 9.84. The van der Waals surface area contributed by atoms with E-state index in [1.54, 1.807) is 24.3 Å². The molecule has 0 fully saturated rings. The average Bonchev–Trinajstić information content (AvgIpc) is 2.90. The third-order valence-corrected chi connectivity index (χ3v) is 5.93. The second-order valence-corrected chi connectivity index (χ2v) is 8.42. The molecule has 0 spiro atoms. The number of nitrogens with zero attached hydrogens (tertiary/aromatic N) is 1. The van der Waals surface area contributed by atoms with Crippen molar-refractivity contribution in [1.82, 2.24) is 4.57 Å². The van der Waals surface area contributed by atoms with E-state index in [4.69, 9.17) is 11.6 Å². The van der Waals surface area contributed by atoms with Gasteiger partial charge in [0.25, 0.3) is 5.91 Å². The molecule has 5 aromatic rings. The maximum absolute atomic E-state index is 13.6. The Morgan fingerprint density at radius 2 is 1.23 bits per heavy atom. The molecule has 0 aliphatic rings. The quantitative estimate of drug-likeness (QED) is 0.294. The molecular formula is C30H21ClN2O2. The SMILES string of the molecule is O=C(Nc1ccc(Cl)cc1)c1c(-c2ccccc2)n(-c2ccccc2)c(-c2ccccc2)cc1=O. The van der Waals surface area contributed by atoms with Crippen molar-refractivity contribution in [2.75, 3.05) is 5.32 Å². The van der Waals surface area contributed by atoms with Crippen LogP contribution in [-0.4, -0.2) is 10.5 Å². The van der Waals surface area contributed by atoms with Crippen molar-refractivity contribution >= 4 is 23.2 Å². The van der Waals surface area contributed by atoms with Crippen LogP contribution in [0.25, 0.3) is 28.2 Å². The highest BCUT2D eigenvalue weighted by Crippen LogP contribution is 2.32. The molecule has 35 heavy (non-hydrogen) atoms. The molecule has 1 N–H and O–H groups in total. The van der Waals surface area contributed by atoms with Crippen molar-refractivity contribution in [1.29, 1.82) is 0 Å². The number of aromatic nitrogens is 1. The molecule has 5 heteroatoms. The third kappa shape index (κ3) is 4.65. The van der Waals surface area contributed by atoms with Gasteiger partial charge in [-0.2, -0.15) is 0 Å². The molecule has 5 rings (SSSR count). The van der Waals surface area contributed by atoms with Crippen molar-refractivity contribution in [3.8, 4) is 28.2 Å². The fourth-order valence-electron chi connectivity index (χ4n) is 4.09. The summed E-state index contributed by atoms with van der Waals surface area (Å²) in [6.45, 7) is 0. The molecular weight excluding hydrogens is 456 g/mol. The lowest BCUT2D eigenvalue weighted by atomic mass is 10.00. The molecule has 0 atom stereocenters. The summed E-state index contributed by atoms with van der Waals surface area (Å²) in [5.41, 5.74) is 3.94. The largest absolute Gasteiger partial charge is 0.322 e. The van der Waals surface area contributed by atoms with Crippen LogP contribution in [0.1, 0.15) is 10.4 Å². The average molecular weight is 477 g/mol. The first-order valence-corrected chi connectivity index (χ1v) is 11.5. The normalized spacial score (nSPS) is 10.7. The van der Waals surface area contributed by atoms with Crippen LogP contribution < -0.4 is 10.7 Å². The van der Waals surface area contributed by atoms with Gasteiger partial charge in [0.05, 0.1) is 11.4 Å². The zero-order chi connectivity index (χ0) is 24.2. The molecule has 0 saturated heterocycles. The van der Waals surface area contributed by atoms with Gasteiger partial charge in [-0.1, -0.05) is 90.5 Å². The second-order valence-electron chi connectivity index (χ2n) is 7.98. The Morgan fingerprint density at radius 1 is 0.686 bits per heavy atom. The monoisotopic (exact) mass is 476 g/mol. The van der Waals surface area contributed by atoms with Gasteiger partial charge in [-0.15, -0.1) is 0 Å². The predicted molar refractivity (Wildman–Crippen MR) is 142 cm³/mol. The zero-order valence-electron chi connectivity index (χ0n) is 18.7. The number of hydrogen-bond acceptors (Lipinski definition) is 2. The molecule has 0 aliphatic heterocycles. The van der Waals surface area contributed by atoms with Gasteiger partial charge in [0, 0.05) is 22.5 Å². The first kappa shape index (κ1) is 22.4. The molecule has 1 amide bonds. The number of halogens is 1. The lowest BCUT2D eigenvalue weighted by molar-refractivity contribution is 0.102. The number of nitrogens with one attached hydrogen (secondary N) is 1. The summed E-state index contributed by atoms with van der Waals surface area (Å²) in [7, 11) is 0. The Hall–Kier alpha value is -4.41. The van der Waals surface area contributed by atoms with E-state index in [0.717, 1.165) is 16.8 Å². The summed E-state index contributed by atoms with van der Waals surface area (Å²) < 4.78 is 1.98. The molecule has 4 aromatic carbocycles. The number of pyridine rings is 1. The van der Waals surface area contributed by atoms with Gasteiger partial charge in [0.1, 0.15) is 5.56 Å². The zero-order valence-corrected chi connectivity index (χ0v) is 19.4. The molecule has 1 aromatic heterocycles. The summed E-state index contributed by atoms with van der Waals surface area (Å²) in [6, 6.07) is 37.3. The first-order chi connectivity index (χ1) is 17.1. The lowest BCUT2D eigenvalue weighted by Gasteiger charge is -2.22. The smallest absolute Gasteiger partial charge is 0.261 e. The van der Waals surface area contributed by atoms with E-state index < -0.39 is 5.91 Å². The molecule has 0 aliphatic carbocycles. The summed E-state index contributed by atoms with van der Waals surface area (Å²) in [5, 5.41) is 3.43. The van der Waals surface area contributed by atoms with E-state index in [2.05, 4.69) is 5.32 Å². The van der Waals surface area contributed by atoms with Crippen molar-refractivity contribution in [2.24, 2.45) is 0 Å². The van der Waals surface area contributed by atoms with E-state index in [9.17, 15) is 9.59 Å². The van der Waals surface area contributed by atoms with Crippen LogP contribution in [0.5, 0.6) is 0 Å². The van der Waals surface area contributed by atoms with E-state index in [1.165, 1.54) is 6.07 Å². The Labute approximate surface area is 208 Å². The topological polar surface area (TPSA) is 51.1 Å². The number of rotatable bonds is 5. The minimum absolute atomic E-state index is 0.0645. The van der Waals surface area contributed by atoms with Gasteiger partial charge in [-0.25, -0.2) is 0 Å². The van der Waals surface area contributed by atoms with E-state index >= 15 is 0 Å². The van der Waals surface area contributed by atoms with E-state index in [0.29, 0.717) is 22.1 Å². The maximum Gasteiger partial charge on any atom is 0.261 e. The van der Waals surface area contributed by atoms with Gasteiger partial charge < -0.3 is 9.88 Å². The maximum atomic E-state index is 13.6. The van der Waals surface area contributed by atoms with E-state index in [1.807, 2.05) is 95.6 Å². The first-order valence-electron chi connectivity index (χ1n) is 11.1. The van der Waals surface area contributed by atoms with Crippen LogP contribution in [0, 0.1) is 0 Å². The van der Waals surface area contributed by atoms with Crippen LogP contribution in [0.4, 0.5) is 5.69 Å². The number of hydrogen-bond donors (Lipinski definition) is 1. The number of para-hydroxylation sites is 1. The van der Waals surface area contributed by atoms with Crippen LogP contribution >= 0.6 is 11.6 Å². The van der Waals surface area contributed by atoms with Gasteiger partial charge >= 0.3 is 0 Å². The van der Waals surface area contributed by atoms with Gasteiger partial charge in [-0.05, 0) is 47.5 Å². The van der Waals surface area contributed by atoms with Gasteiger partial charge in [0.2, 0.25) is 0 Å². The number of amides is 1. The number of anilines is 1. The minimum atomic E-state index is -0.486. The molecule has 0 radical (unpaired) electrons. The lowest BCUT2D eigenvalue weighted by Crippen LogP contribution is -2.26. The molecule has 1 heterocycles. The predicted octanol–water partition coefficient (Wildman–Crippen LogP) is 7.08. The molecule has 0 unspecified atom stereocenters. The number of benzene rings is 4. The van der Waals surface area contributed by atoms with Gasteiger partial charge in [0.15, 0.2) is 5.43 Å². The summed E-state index contributed by atoms with van der Waals surface area (Å²) in [6.07, 6.45) is 0.